The van der Waals surface area contributed by atoms with Crippen LogP contribution in [-0.2, 0) is 0 Å². The van der Waals surface area contributed by atoms with E-state index in [2.05, 4.69) is 20.3 Å². The van der Waals surface area contributed by atoms with E-state index in [0.29, 0.717) is 23.9 Å². The molecule has 0 radical (unpaired) electrons. The fourth-order valence-electron chi connectivity index (χ4n) is 4.03. The third kappa shape index (κ3) is 4.65. The molecule has 6 nitrogen and oxygen atoms in total. The van der Waals surface area contributed by atoms with Crippen LogP contribution in [0.4, 0.5) is 0 Å². The van der Waals surface area contributed by atoms with Crippen molar-refractivity contribution in [1.82, 2.24) is 25.3 Å². The Balaban J connectivity index is 1.39. The molecule has 3 heterocycles. The van der Waals surface area contributed by atoms with Crippen molar-refractivity contribution in [3.05, 3.63) is 72.3 Å². The number of aryl methyl sites for hydroxylation is 1. The van der Waals surface area contributed by atoms with Crippen LogP contribution in [0.25, 0.3) is 11.1 Å². The van der Waals surface area contributed by atoms with Crippen LogP contribution >= 0.6 is 0 Å². The molecule has 0 aliphatic heterocycles. The van der Waals surface area contributed by atoms with Crippen molar-refractivity contribution < 1.29 is 4.79 Å². The lowest BCUT2D eigenvalue weighted by Gasteiger charge is -2.29. The summed E-state index contributed by atoms with van der Waals surface area (Å²) in [4.78, 5) is 29.6. The summed E-state index contributed by atoms with van der Waals surface area (Å²) < 4.78 is 0. The van der Waals surface area contributed by atoms with Crippen molar-refractivity contribution in [2.45, 2.75) is 38.5 Å². The number of hydrogen-bond acceptors (Lipinski definition) is 5. The van der Waals surface area contributed by atoms with E-state index in [1.165, 1.54) is 0 Å². The van der Waals surface area contributed by atoms with Crippen molar-refractivity contribution in [2.24, 2.45) is 5.92 Å². The highest BCUT2D eigenvalue weighted by Crippen LogP contribution is 2.38. The Morgan fingerprint density at radius 3 is 2.55 bits per heavy atom. The van der Waals surface area contributed by atoms with Gasteiger partial charge in [0.1, 0.15) is 5.82 Å². The van der Waals surface area contributed by atoms with Crippen LogP contribution in [0.3, 0.4) is 0 Å². The second kappa shape index (κ2) is 8.90. The predicted octanol–water partition coefficient (Wildman–Crippen LogP) is 3.95. The molecule has 0 unspecified atom stereocenters. The summed E-state index contributed by atoms with van der Waals surface area (Å²) >= 11 is 0. The van der Waals surface area contributed by atoms with Crippen molar-refractivity contribution in [2.75, 3.05) is 6.54 Å². The summed E-state index contributed by atoms with van der Waals surface area (Å²) in [7, 11) is 0. The zero-order valence-electron chi connectivity index (χ0n) is 16.6. The Morgan fingerprint density at radius 1 is 1.03 bits per heavy atom. The molecule has 3 aromatic heterocycles. The number of pyridine rings is 2. The zero-order chi connectivity index (χ0) is 20.1. The average Bonchev–Trinajstić information content (AvgIpc) is 2.79. The number of aromatic nitrogens is 4. The van der Waals surface area contributed by atoms with Gasteiger partial charge in [-0.2, -0.15) is 0 Å². The van der Waals surface area contributed by atoms with Gasteiger partial charge in [0.15, 0.2) is 0 Å². The normalized spacial score (nSPS) is 18.9. The average molecular weight is 387 g/mol. The number of nitrogens with zero attached hydrogens (tertiary/aromatic N) is 4. The van der Waals surface area contributed by atoms with Gasteiger partial charge in [-0.3, -0.25) is 14.8 Å². The lowest BCUT2D eigenvalue weighted by Crippen LogP contribution is -2.31. The van der Waals surface area contributed by atoms with Gasteiger partial charge in [-0.15, -0.1) is 0 Å². The van der Waals surface area contributed by atoms with Gasteiger partial charge in [0, 0.05) is 49.0 Å². The third-order valence-corrected chi connectivity index (χ3v) is 5.64. The maximum Gasteiger partial charge on any atom is 0.252 e. The number of amides is 1. The zero-order valence-corrected chi connectivity index (χ0v) is 16.6. The number of nitrogens with one attached hydrogen (secondary N) is 1. The molecule has 148 valence electrons. The first kappa shape index (κ1) is 19.2. The second-order valence-electron chi connectivity index (χ2n) is 7.62. The van der Waals surface area contributed by atoms with Crippen LogP contribution in [0.15, 0.2) is 55.2 Å². The van der Waals surface area contributed by atoms with Crippen LogP contribution in [0, 0.1) is 12.8 Å². The molecule has 1 fully saturated rings. The third-order valence-electron chi connectivity index (χ3n) is 5.64. The summed E-state index contributed by atoms with van der Waals surface area (Å²) in [6.45, 7) is 2.65. The van der Waals surface area contributed by atoms with E-state index >= 15 is 0 Å². The van der Waals surface area contributed by atoms with Crippen LogP contribution < -0.4 is 5.32 Å². The van der Waals surface area contributed by atoms with Crippen molar-refractivity contribution in [3.8, 4) is 11.1 Å². The Hall–Kier alpha value is -3.15. The molecule has 0 aromatic carbocycles. The fraction of sp³-hybridized carbons (Fsp3) is 0.348. The Labute approximate surface area is 170 Å². The summed E-state index contributed by atoms with van der Waals surface area (Å²) in [5.74, 6) is 1.68. The summed E-state index contributed by atoms with van der Waals surface area (Å²) in [5.41, 5.74) is 3.97. The number of hydrogen-bond donors (Lipinski definition) is 1. The van der Waals surface area contributed by atoms with Gasteiger partial charge in [0.2, 0.25) is 0 Å². The maximum atomic E-state index is 12.2. The number of carbonyl (C=O) groups excluding carboxylic acids is 1. The van der Waals surface area contributed by atoms with E-state index < -0.39 is 0 Å². The van der Waals surface area contributed by atoms with E-state index in [4.69, 9.17) is 4.98 Å². The van der Waals surface area contributed by atoms with Crippen LogP contribution in [0.2, 0.25) is 0 Å². The van der Waals surface area contributed by atoms with Crippen LogP contribution in [-0.4, -0.2) is 32.4 Å². The molecular weight excluding hydrogens is 362 g/mol. The molecule has 0 spiro atoms. The highest BCUT2D eigenvalue weighted by molar-refractivity contribution is 5.93. The molecule has 3 aromatic rings. The molecule has 0 bridgehead atoms. The van der Waals surface area contributed by atoms with Gasteiger partial charge in [-0.1, -0.05) is 0 Å². The molecule has 1 aliphatic carbocycles. The molecular formula is C23H25N5O. The van der Waals surface area contributed by atoms with Crippen LogP contribution in [0.1, 0.15) is 53.5 Å². The van der Waals surface area contributed by atoms with Crippen molar-refractivity contribution in [3.63, 3.8) is 0 Å². The van der Waals surface area contributed by atoms with Gasteiger partial charge in [0.25, 0.3) is 5.91 Å². The van der Waals surface area contributed by atoms with E-state index in [0.717, 1.165) is 48.3 Å². The fourth-order valence-corrected chi connectivity index (χ4v) is 4.03. The van der Waals surface area contributed by atoms with E-state index in [1.54, 1.807) is 36.9 Å². The first-order valence-corrected chi connectivity index (χ1v) is 10.1. The molecule has 1 saturated carbocycles. The van der Waals surface area contributed by atoms with Crippen LogP contribution in [0.5, 0.6) is 0 Å². The van der Waals surface area contributed by atoms with E-state index in [9.17, 15) is 4.79 Å². The van der Waals surface area contributed by atoms with Gasteiger partial charge in [-0.05, 0) is 68.4 Å². The largest absolute Gasteiger partial charge is 0.352 e. The van der Waals surface area contributed by atoms with E-state index in [-0.39, 0.29) is 5.91 Å². The number of carbonyl (C=O) groups is 1. The molecule has 1 aliphatic rings. The Bertz CT molecular complexity index is 954. The first-order valence-electron chi connectivity index (χ1n) is 10.1. The Morgan fingerprint density at radius 2 is 1.83 bits per heavy atom. The summed E-state index contributed by atoms with van der Waals surface area (Å²) in [6, 6.07) is 7.59. The van der Waals surface area contributed by atoms with Gasteiger partial charge < -0.3 is 5.32 Å². The predicted molar refractivity (Wildman–Crippen MR) is 111 cm³/mol. The lowest BCUT2D eigenvalue weighted by molar-refractivity contribution is 0.0942. The minimum atomic E-state index is -0.0494. The maximum absolute atomic E-state index is 12.2. The minimum absolute atomic E-state index is 0.0494. The van der Waals surface area contributed by atoms with Crippen molar-refractivity contribution >= 4 is 5.91 Å². The molecule has 0 saturated heterocycles. The smallest absolute Gasteiger partial charge is 0.252 e. The molecule has 0 atom stereocenters. The molecule has 4 rings (SSSR count). The monoisotopic (exact) mass is 387 g/mol. The summed E-state index contributed by atoms with van der Waals surface area (Å²) in [6.07, 6.45) is 13.1. The number of rotatable bonds is 5. The van der Waals surface area contributed by atoms with E-state index in [1.807, 2.05) is 25.3 Å². The van der Waals surface area contributed by atoms with Gasteiger partial charge in [-0.25, -0.2) is 9.97 Å². The highest BCUT2D eigenvalue weighted by Gasteiger charge is 2.26. The first-order chi connectivity index (χ1) is 14.2. The van der Waals surface area contributed by atoms with Gasteiger partial charge >= 0.3 is 0 Å². The summed E-state index contributed by atoms with van der Waals surface area (Å²) in [5, 5.41) is 3.06. The molecule has 6 heteroatoms. The Kier molecular flexibility index (Phi) is 5.89. The molecule has 1 N–H and O–H groups in total. The minimum Gasteiger partial charge on any atom is -0.352 e. The highest BCUT2D eigenvalue weighted by atomic mass is 16.1. The topological polar surface area (TPSA) is 80.7 Å². The SMILES string of the molecule is Cc1ncc(-c2ccncc2)c(C2CCC(CNC(=O)c3cccnc3)CC2)n1. The quantitative estimate of drug-likeness (QED) is 0.717. The van der Waals surface area contributed by atoms with Gasteiger partial charge in [0.05, 0.1) is 11.3 Å². The molecule has 1 amide bonds. The standard InChI is InChI=1S/C23H25N5O/c1-16-26-15-21(18-8-11-24-12-9-18)22(28-16)19-6-4-17(5-7-19)13-27-23(29)20-3-2-10-25-14-20/h2-3,8-12,14-15,17,19H,4-7,13H2,1H3,(H,27,29). The lowest BCUT2D eigenvalue weighted by atomic mass is 9.79. The molecule has 29 heavy (non-hydrogen) atoms. The second-order valence-corrected chi connectivity index (χ2v) is 7.62. The van der Waals surface area contributed by atoms with Crippen molar-refractivity contribution in [1.29, 1.82) is 0 Å².